The number of hydrogen-bond acceptors (Lipinski definition) is 6. The molecule has 1 saturated heterocycles. The minimum Gasteiger partial charge on any atom is -0.322 e. The van der Waals surface area contributed by atoms with Crippen molar-refractivity contribution >= 4 is 50.5 Å². The quantitative estimate of drug-likeness (QED) is 0.495. The molecule has 1 fully saturated rings. The van der Waals surface area contributed by atoms with Crippen LogP contribution < -0.4 is 5.32 Å². The van der Waals surface area contributed by atoms with Crippen LogP contribution in [0.2, 0.25) is 10.0 Å². The molecule has 0 bridgehead atoms. The number of nitro benzene ring substituents is 1. The summed E-state index contributed by atoms with van der Waals surface area (Å²) < 4.78 is 27.0. The standard InChI is InChI=1S/C19H20Cl2N4O5S/c1-13-6-7-14(20)19(18(13)21)22-17(26)12-23-8-10-24(11-9-23)31(29,30)16-5-3-2-4-15(16)25(27)28/h2-7H,8-12H2,1H3,(H,22,26). The maximum atomic E-state index is 12.9. The zero-order valence-corrected chi connectivity index (χ0v) is 18.9. The Bertz CT molecular complexity index is 1120. The topological polar surface area (TPSA) is 113 Å². The van der Waals surface area contributed by atoms with Crippen molar-refractivity contribution in [3.05, 3.63) is 62.1 Å². The van der Waals surface area contributed by atoms with Gasteiger partial charge in [0.25, 0.3) is 5.69 Å². The number of aryl methyl sites for hydroxylation is 1. The first kappa shape index (κ1) is 23.4. The Balaban J connectivity index is 1.63. The summed E-state index contributed by atoms with van der Waals surface area (Å²) in [6.07, 6.45) is 0. The average molecular weight is 487 g/mol. The van der Waals surface area contributed by atoms with E-state index in [0.717, 1.165) is 11.6 Å². The van der Waals surface area contributed by atoms with Gasteiger partial charge in [0, 0.05) is 32.2 Å². The van der Waals surface area contributed by atoms with Crippen LogP contribution in [0.5, 0.6) is 0 Å². The van der Waals surface area contributed by atoms with Gasteiger partial charge in [-0.25, -0.2) is 8.42 Å². The van der Waals surface area contributed by atoms with Crippen LogP contribution in [0.25, 0.3) is 0 Å². The summed E-state index contributed by atoms with van der Waals surface area (Å²) in [4.78, 5) is 24.4. The van der Waals surface area contributed by atoms with Gasteiger partial charge >= 0.3 is 0 Å². The molecule has 0 atom stereocenters. The van der Waals surface area contributed by atoms with E-state index in [-0.39, 0.29) is 30.4 Å². The fourth-order valence-electron chi connectivity index (χ4n) is 3.25. The normalized spacial score (nSPS) is 15.6. The smallest absolute Gasteiger partial charge is 0.289 e. The number of hydrogen-bond donors (Lipinski definition) is 1. The summed E-state index contributed by atoms with van der Waals surface area (Å²) in [6, 6.07) is 8.64. The number of halogens is 2. The zero-order valence-electron chi connectivity index (χ0n) is 16.5. The van der Waals surface area contributed by atoms with Crippen LogP contribution in [0.15, 0.2) is 41.3 Å². The Morgan fingerprint density at radius 3 is 2.42 bits per heavy atom. The maximum Gasteiger partial charge on any atom is 0.289 e. The number of nitrogens with one attached hydrogen (secondary N) is 1. The van der Waals surface area contributed by atoms with Crippen molar-refractivity contribution < 1.29 is 18.1 Å². The molecule has 2 aromatic carbocycles. The fraction of sp³-hybridized carbons (Fsp3) is 0.316. The second kappa shape index (κ2) is 9.49. The molecule has 1 aliphatic heterocycles. The maximum absolute atomic E-state index is 12.9. The van der Waals surface area contributed by atoms with Gasteiger partial charge in [-0.2, -0.15) is 4.31 Å². The molecule has 0 aliphatic carbocycles. The molecular formula is C19H20Cl2N4O5S. The third-order valence-corrected chi connectivity index (χ3v) is 7.67. The van der Waals surface area contributed by atoms with E-state index in [1.165, 1.54) is 22.5 Å². The van der Waals surface area contributed by atoms with Crippen molar-refractivity contribution in [1.82, 2.24) is 9.21 Å². The Hall–Kier alpha value is -2.24. The second-order valence-corrected chi connectivity index (χ2v) is 9.70. The molecule has 0 unspecified atom stereocenters. The van der Waals surface area contributed by atoms with E-state index in [4.69, 9.17) is 23.2 Å². The Kier molecular flexibility index (Phi) is 7.17. The summed E-state index contributed by atoms with van der Waals surface area (Å²) in [5, 5.41) is 14.6. The lowest BCUT2D eigenvalue weighted by atomic mass is 10.2. The van der Waals surface area contributed by atoms with Gasteiger partial charge < -0.3 is 5.32 Å². The largest absolute Gasteiger partial charge is 0.322 e. The lowest BCUT2D eigenvalue weighted by Crippen LogP contribution is -2.50. The van der Waals surface area contributed by atoms with Gasteiger partial charge in [-0.05, 0) is 24.6 Å². The zero-order chi connectivity index (χ0) is 22.8. The predicted molar refractivity (Wildman–Crippen MR) is 118 cm³/mol. The highest BCUT2D eigenvalue weighted by molar-refractivity contribution is 7.89. The first-order valence-electron chi connectivity index (χ1n) is 9.31. The molecule has 2 aromatic rings. The average Bonchev–Trinajstić information content (AvgIpc) is 2.74. The predicted octanol–water partition coefficient (Wildman–Crippen LogP) is 3.16. The number of amides is 1. The Morgan fingerprint density at radius 2 is 1.77 bits per heavy atom. The van der Waals surface area contributed by atoms with Crippen LogP contribution in [0.3, 0.4) is 0 Å². The summed E-state index contributed by atoms with van der Waals surface area (Å²) in [7, 11) is -4.02. The number of nitrogens with zero attached hydrogens (tertiary/aromatic N) is 3. The van der Waals surface area contributed by atoms with Gasteiger partial charge in [0.1, 0.15) is 0 Å². The van der Waals surface area contributed by atoms with Crippen LogP contribution in [0.1, 0.15) is 5.56 Å². The van der Waals surface area contributed by atoms with Crippen molar-refractivity contribution in [3.63, 3.8) is 0 Å². The lowest BCUT2D eigenvalue weighted by molar-refractivity contribution is -0.387. The molecule has 166 valence electrons. The van der Waals surface area contributed by atoms with Crippen LogP contribution in [0, 0.1) is 17.0 Å². The monoisotopic (exact) mass is 486 g/mol. The molecule has 0 saturated carbocycles. The summed E-state index contributed by atoms with van der Waals surface area (Å²) in [6.45, 7) is 2.62. The molecule has 31 heavy (non-hydrogen) atoms. The van der Waals surface area contributed by atoms with E-state index >= 15 is 0 Å². The minimum atomic E-state index is -4.02. The highest BCUT2D eigenvalue weighted by Gasteiger charge is 2.33. The first-order chi connectivity index (χ1) is 14.6. The summed E-state index contributed by atoms with van der Waals surface area (Å²) in [5.74, 6) is -0.329. The first-order valence-corrected chi connectivity index (χ1v) is 11.5. The number of carbonyl (C=O) groups excluding carboxylic acids is 1. The number of carbonyl (C=O) groups is 1. The molecule has 9 nitrogen and oxygen atoms in total. The number of nitro groups is 1. The number of rotatable bonds is 6. The molecule has 3 rings (SSSR count). The number of sulfonamides is 1. The van der Waals surface area contributed by atoms with Gasteiger partial charge in [-0.1, -0.05) is 41.4 Å². The fourth-order valence-corrected chi connectivity index (χ4v) is 5.29. The highest BCUT2D eigenvalue weighted by Crippen LogP contribution is 2.33. The van der Waals surface area contributed by atoms with Crippen LogP contribution >= 0.6 is 23.2 Å². The van der Waals surface area contributed by atoms with Gasteiger partial charge in [-0.3, -0.25) is 19.8 Å². The molecule has 1 heterocycles. The second-order valence-electron chi connectivity index (χ2n) is 7.01. The molecule has 0 aromatic heterocycles. The van der Waals surface area contributed by atoms with Gasteiger partial charge in [0.2, 0.25) is 15.9 Å². The van der Waals surface area contributed by atoms with E-state index in [2.05, 4.69) is 5.32 Å². The number of para-hydroxylation sites is 1. The highest BCUT2D eigenvalue weighted by atomic mass is 35.5. The van der Waals surface area contributed by atoms with Crippen molar-refractivity contribution in [1.29, 1.82) is 0 Å². The van der Waals surface area contributed by atoms with Crippen molar-refractivity contribution in [3.8, 4) is 0 Å². The van der Waals surface area contributed by atoms with E-state index in [1.54, 1.807) is 24.0 Å². The lowest BCUT2D eigenvalue weighted by Gasteiger charge is -2.33. The third kappa shape index (κ3) is 5.16. The van der Waals surface area contributed by atoms with Crippen molar-refractivity contribution in [2.75, 3.05) is 38.0 Å². The summed E-state index contributed by atoms with van der Waals surface area (Å²) in [5.41, 5.74) is 0.650. The third-order valence-electron chi connectivity index (χ3n) is 4.93. The van der Waals surface area contributed by atoms with Crippen LogP contribution in [-0.4, -0.2) is 61.2 Å². The molecule has 1 amide bonds. The van der Waals surface area contributed by atoms with Gasteiger partial charge in [0.05, 0.1) is 27.2 Å². The number of anilines is 1. The number of benzene rings is 2. The van der Waals surface area contributed by atoms with Gasteiger partial charge in [0.15, 0.2) is 4.90 Å². The molecule has 1 N–H and O–H groups in total. The van der Waals surface area contributed by atoms with Crippen LogP contribution in [0.4, 0.5) is 11.4 Å². The van der Waals surface area contributed by atoms with E-state index < -0.39 is 20.6 Å². The van der Waals surface area contributed by atoms with E-state index in [1.807, 2.05) is 0 Å². The van der Waals surface area contributed by atoms with Crippen molar-refractivity contribution in [2.24, 2.45) is 0 Å². The molecular weight excluding hydrogens is 467 g/mol. The molecule has 1 aliphatic rings. The molecule has 0 spiro atoms. The minimum absolute atomic E-state index is 0.0278. The van der Waals surface area contributed by atoms with E-state index in [0.29, 0.717) is 28.8 Å². The summed E-state index contributed by atoms with van der Waals surface area (Å²) >= 11 is 12.3. The van der Waals surface area contributed by atoms with Crippen molar-refractivity contribution in [2.45, 2.75) is 11.8 Å². The van der Waals surface area contributed by atoms with Crippen LogP contribution in [-0.2, 0) is 14.8 Å². The number of piperazine rings is 1. The Morgan fingerprint density at radius 1 is 1.13 bits per heavy atom. The van der Waals surface area contributed by atoms with E-state index in [9.17, 15) is 23.3 Å². The SMILES string of the molecule is Cc1ccc(Cl)c(NC(=O)CN2CCN(S(=O)(=O)c3ccccc3[N+](=O)[O-])CC2)c1Cl. The van der Waals surface area contributed by atoms with Gasteiger partial charge in [-0.15, -0.1) is 0 Å². The molecule has 0 radical (unpaired) electrons. The molecule has 12 heteroatoms. The Labute approximate surface area is 189 Å².